The molecular weight excluding hydrogens is 188 g/mol. The van der Waals surface area contributed by atoms with E-state index in [9.17, 15) is 0 Å². The summed E-state index contributed by atoms with van der Waals surface area (Å²) in [6.07, 6.45) is 4.36. The molecule has 0 aromatic carbocycles. The van der Waals surface area contributed by atoms with Crippen LogP contribution < -0.4 is 4.74 Å². The van der Waals surface area contributed by atoms with Crippen LogP contribution in [0.2, 0.25) is 5.15 Å². The Kier molecular flexibility index (Phi) is 2.36. The highest BCUT2D eigenvalue weighted by atomic mass is 35.5. The summed E-state index contributed by atoms with van der Waals surface area (Å²) in [7, 11) is 1.56. The van der Waals surface area contributed by atoms with Crippen LogP contribution in [0.4, 0.5) is 0 Å². The van der Waals surface area contributed by atoms with Gasteiger partial charge in [0.1, 0.15) is 5.15 Å². The van der Waals surface area contributed by atoms with Crippen molar-refractivity contribution in [3.05, 3.63) is 16.4 Å². The summed E-state index contributed by atoms with van der Waals surface area (Å²) in [5.74, 6) is 0. The Labute approximate surface area is 82.1 Å². The molecule has 13 heavy (non-hydrogen) atoms. The van der Waals surface area contributed by atoms with Gasteiger partial charge in [-0.2, -0.15) is 9.97 Å². The number of rotatable bonds is 1. The van der Waals surface area contributed by atoms with Crippen molar-refractivity contribution in [3.63, 3.8) is 0 Å². The Balaban J connectivity index is 2.47. The van der Waals surface area contributed by atoms with E-state index >= 15 is 0 Å². The number of fused-ring (bicyclic) bond motifs is 1. The van der Waals surface area contributed by atoms with Crippen molar-refractivity contribution in [2.24, 2.45) is 0 Å². The molecule has 0 unspecified atom stereocenters. The van der Waals surface area contributed by atoms with Crippen molar-refractivity contribution in [3.8, 4) is 6.01 Å². The van der Waals surface area contributed by atoms with Gasteiger partial charge in [-0.15, -0.1) is 0 Å². The quantitative estimate of drug-likeness (QED) is 0.648. The van der Waals surface area contributed by atoms with Gasteiger partial charge in [0.05, 0.1) is 12.8 Å². The number of ether oxygens (including phenoxy) is 1. The first-order valence-corrected chi connectivity index (χ1v) is 4.78. The van der Waals surface area contributed by atoms with Crippen LogP contribution in [0, 0.1) is 0 Å². The SMILES string of the molecule is COc1nc(Cl)c2c(n1)CCCC2. The lowest BCUT2D eigenvalue weighted by Gasteiger charge is -2.15. The zero-order valence-corrected chi connectivity index (χ0v) is 8.26. The van der Waals surface area contributed by atoms with Gasteiger partial charge in [0.15, 0.2) is 0 Å². The third kappa shape index (κ3) is 1.61. The third-order valence-corrected chi connectivity index (χ3v) is 2.61. The fraction of sp³-hybridized carbons (Fsp3) is 0.556. The van der Waals surface area contributed by atoms with Crippen molar-refractivity contribution >= 4 is 11.6 Å². The molecule has 1 aromatic rings. The summed E-state index contributed by atoms with van der Waals surface area (Å²) in [6.45, 7) is 0. The van der Waals surface area contributed by atoms with Crippen LogP contribution in [0.5, 0.6) is 6.01 Å². The number of aromatic nitrogens is 2. The number of nitrogens with zero attached hydrogens (tertiary/aromatic N) is 2. The summed E-state index contributed by atoms with van der Waals surface area (Å²) in [6, 6.07) is 0.380. The van der Waals surface area contributed by atoms with Gasteiger partial charge in [-0.05, 0) is 25.7 Å². The van der Waals surface area contributed by atoms with Gasteiger partial charge in [0.2, 0.25) is 0 Å². The molecule has 0 amide bonds. The van der Waals surface area contributed by atoms with E-state index in [1.807, 2.05) is 0 Å². The Bertz CT molecular complexity index is 328. The van der Waals surface area contributed by atoms with Crippen molar-refractivity contribution in [1.82, 2.24) is 9.97 Å². The second-order valence-electron chi connectivity index (χ2n) is 3.13. The monoisotopic (exact) mass is 198 g/mol. The molecule has 0 aliphatic heterocycles. The number of methoxy groups -OCH3 is 1. The van der Waals surface area contributed by atoms with E-state index in [1.165, 1.54) is 12.8 Å². The highest BCUT2D eigenvalue weighted by Crippen LogP contribution is 2.26. The molecule has 3 nitrogen and oxygen atoms in total. The first kappa shape index (κ1) is 8.75. The number of hydrogen-bond donors (Lipinski definition) is 0. The first-order chi connectivity index (χ1) is 6.31. The van der Waals surface area contributed by atoms with E-state index in [0.717, 1.165) is 24.1 Å². The molecule has 2 rings (SSSR count). The fourth-order valence-corrected chi connectivity index (χ4v) is 1.89. The molecule has 0 N–H and O–H groups in total. The summed E-state index contributed by atoms with van der Waals surface area (Å²) in [4.78, 5) is 8.31. The van der Waals surface area contributed by atoms with Gasteiger partial charge in [-0.3, -0.25) is 0 Å². The summed E-state index contributed by atoms with van der Waals surface area (Å²) < 4.78 is 4.95. The lowest BCUT2D eigenvalue weighted by Crippen LogP contribution is -2.08. The average Bonchev–Trinajstić information content (AvgIpc) is 2.18. The maximum Gasteiger partial charge on any atom is 0.317 e. The zero-order valence-electron chi connectivity index (χ0n) is 7.51. The zero-order chi connectivity index (χ0) is 9.26. The minimum Gasteiger partial charge on any atom is -0.467 e. The number of halogens is 1. The van der Waals surface area contributed by atoms with Crippen LogP contribution in [0.25, 0.3) is 0 Å². The third-order valence-electron chi connectivity index (χ3n) is 2.29. The molecular formula is C9H11ClN2O. The summed E-state index contributed by atoms with van der Waals surface area (Å²) >= 11 is 5.99. The molecule has 0 fully saturated rings. The predicted molar refractivity (Wildman–Crippen MR) is 50.2 cm³/mol. The Morgan fingerprint density at radius 3 is 2.77 bits per heavy atom. The van der Waals surface area contributed by atoms with Crippen LogP contribution in [-0.4, -0.2) is 17.1 Å². The van der Waals surface area contributed by atoms with Crippen molar-refractivity contribution in [2.45, 2.75) is 25.7 Å². The smallest absolute Gasteiger partial charge is 0.317 e. The van der Waals surface area contributed by atoms with E-state index in [0.29, 0.717) is 11.2 Å². The maximum absolute atomic E-state index is 5.99. The van der Waals surface area contributed by atoms with Crippen LogP contribution in [0.3, 0.4) is 0 Å². The summed E-state index contributed by atoms with van der Waals surface area (Å²) in [5.41, 5.74) is 2.16. The van der Waals surface area contributed by atoms with Crippen LogP contribution in [0.1, 0.15) is 24.1 Å². The maximum atomic E-state index is 5.99. The molecule has 4 heteroatoms. The van der Waals surface area contributed by atoms with Crippen LogP contribution in [0.15, 0.2) is 0 Å². The molecule has 0 saturated carbocycles. The van der Waals surface area contributed by atoms with E-state index < -0.39 is 0 Å². The van der Waals surface area contributed by atoms with Gasteiger partial charge < -0.3 is 4.74 Å². The molecule has 70 valence electrons. The largest absolute Gasteiger partial charge is 0.467 e. The van der Waals surface area contributed by atoms with Gasteiger partial charge in [0, 0.05) is 5.56 Å². The van der Waals surface area contributed by atoms with Crippen LogP contribution in [-0.2, 0) is 12.8 Å². The molecule has 0 saturated heterocycles. The Morgan fingerprint density at radius 1 is 1.23 bits per heavy atom. The van der Waals surface area contributed by atoms with E-state index in [1.54, 1.807) is 7.11 Å². The number of hydrogen-bond acceptors (Lipinski definition) is 3. The highest BCUT2D eigenvalue weighted by Gasteiger charge is 2.16. The molecule has 0 bridgehead atoms. The van der Waals surface area contributed by atoms with Crippen molar-refractivity contribution in [2.75, 3.05) is 7.11 Å². The van der Waals surface area contributed by atoms with E-state index in [4.69, 9.17) is 16.3 Å². The van der Waals surface area contributed by atoms with Crippen LogP contribution >= 0.6 is 11.6 Å². The minimum absolute atomic E-state index is 0.380. The fourth-order valence-electron chi connectivity index (χ4n) is 1.62. The van der Waals surface area contributed by atoms with E-state index in [-0.39, 0.29) is 0 Å². The lowest BCUT2D eigenvalue weighted by atomic mass is 9.98. The van der Waals surface area contributed by atoms with Gasteiger partial charge in [0.25, 0.3) is 0 Å². The average molecular weight is 199 g/mol. The molecule has 1 heterocycles. The standard InChI is InChI=1S/C9H11ClN2O/c1-13-9-11-7-5-3-2-4-6(7)8(10)12-9/h2-5H2,1H3. The normalized spacial score (nSPS) is 15.2. The lowest BCUT2D eigenvalue weighted by molar-refractivity contribution is 0.376. The first-order valence-electron chi connectivity index (χ1n) is 4.40. The molecule has 1 aromatic heterocycles. The van der Waals surface area contributed by atoms with Crippen molar-refractivity contribution < 1.29 is 4.74 Å². The minimum atomic E-state index is 0.380. The van der Waals surface area contributed by atoms with Crippen molar-refractivity contribution in [1.29, 1.82) is 0 Å². The van der Waals surface area contributed by atoms with Gasteiger partial charge in [-0.25, -0.2) is 0 Å². The highest BCUT2D eigenvalue weighted by molar-refractivity contribution is 6.30. The van der Waals surface area contributed by atoms with E-state index in [2.05, 4.69) is 9.97 Å². The molecule has 1 aliphatic rings. The second-order valence-corrected chi connectivity index (χ2v) is 3.49. The topological polar surface area (TPSA) is 35.0 Å². The van der Waals surface area contributed by atoms with Gasteiger partial charge >= 0.3 is 6.01 Å². The molecule has 0 spiro atoms. The molecule has 0 radical (unpaired) electrons. The Hall–Kier alpha value is -0.830. The second kappa shape index (κ2) is 3.50. The molecule has 1 aliphatic carbocycles. The Morgan fingerprint density at radius 2 is 2.00 bits per heavy atom. The number of aryl methyl sites for hydroxylation is 1. The summed E-state index contributed by atoms with van der Waals surface area (Å²) in [5, 5.41) is 0.557. The predicted octanol–water partition coefficient (Wildman–Crippen LogP) is 2.02. The van der Waals surface area contributed by atoms with Gasteiger partial charge in [-0.1, -0.05) is 11.6 Å². The molecule has 0 atom stereocenters.